The number of nitrogens with one attached hydrogen (secondary N) is 1. The van der Waals surface area contributed by atoms with Crippen LogP contribution in [0.15, 0.2) is 12.3 Å². The molecule has 0 fully saturated rings. The van der Waals surface area contributed by atoms with Crippen LogP contribution in [0.1, 0.15) is 26.3 Å². The van der Waals surface area contributed by atoms with E-state index in [9.17, 15) is 4.79 Å². The van der Waals surface area contributed by atoms with Crippen LogP contribution in [-0.4, -0.2) is 23.1 Å². The Labute approximate surface area is 112 Å². The molecule has 100 valence electrons. The smallest absolute Gasteiger partial charge is 0.320 e. The van der Waals surface area contributed by atoms with Crippen LogP contribution < -0.4 is 11.1 Å². The predicted octanol–water partition coefficient (Wildman–Crippen LogP) is 1.75. The number of carbonyl (C=O) groups excluding carboxylic acids is 1. The van der Waals surface area contributed by atoms with Gasteiger partial charge < -0.3 is 15.8 Å². The number of carbonyl (C=O) groups is 1. The van der Waals surface area contributed by atoms with Gasteiger partial charge in [0, 0.05) is 24.0 Å². The van der Waals surface area contributed by atoms with Gasteiger partial charge >= 0.3 is 5.97 Å². The molecule has 1 rings (SSSR count). The lowest BCUT2D eigenvalue weighted by molar-refractivity contribution is -0.153. The topological polar surface area (TPSA) is 77.2 Å². The molecule has 6 heteroatoms. The summed E-state index contributed by atoms with van der Waals surface area (Å²) in [5.41, 5.74) is 6.51. The van der Waals surface area contributed by atoms with Gasteiger partial charge in [0.05, 0.1) is 6.54 Å². The van der Waals surface area contributed by atoms with E-state index in [0.717, 1.165) is 0 Å². The number of nitrogen functional groups attached to an aromatic ring is 1. The van der Waals surface area contributed by atoms with Gasteiger partial charge in [-0.2, -0.15) is 0 Å². The standard InChI is InChI=1S/C12H18ClN3O2/c1-12(2,3)18-10(17)7-15-6-8-9(14)4-5-16-11(8)13/h4-5,15H,6-7H2,1-3H3,(H2,14,16). The van der Waals surface area contributed by atoms with Gasteiger partial charge in [-0.25, -0.2) is 4.98 Å². The molecule has 5 nitrogen and oxygen atoms in total. The number of rotatable bonds is 4. The summed E-state index contributed by atoms with van der Waals surface area (Å²) in [4.78, 5) is 15.4. The van der Waals surface area contributed by atoms with Crippen molar-refractivity contribution >= 4 is 23.3 Å². The van der Waals surface area contributed by atoms with Gasteiger partial charge in [0.2, 0.25) is 0 Å². The summed E-state index contributed by atoms with van der Waals surface area (Å²) in [6.45, 7) is 5.93. The molecule has 0 atom stereocenters. The second-order valence-electron chi connectivity index (χ2n) is 4.86. The number of aromatic nitrogens is 1. The third-order valence-corrected chi connectivity index (χ3v) is 2.36. The van der Waals surface area contributed by atoms with E-state index in [1.165, 1.54) is 6.20 Å². The minimum absolute atomic E-state index is 0.0991. The Morgan fingerprint density at radius 1 is 1.56 bits per heavy atom. The molecule has 0 spiro atoms. The zero-order valence-corrected chi connectivity index (χ0v) is 11.5. The monoisotopic (exact) mass is 271 g/mol. The maximum atomic E-state index is 11.5. The number of pyridine rings is 1. The van der Waals surface area contributed by atoms with Crippen molar-refractivity contribution in [2.24, 2.45) is 0 Å². The van der Waals surface area contributed by atoms with Gasteiger partial charge in [0.15, 0.2) is 0 Å². The van der Waals surface area contributed by atoms with Gasteiger partial charge in [-0.05, 0) is 26.8 Å². The molecule has 1 aromatic rings. The number of ether oxygens (including phenoxy) is 1. The maximum absolute atomic E-state index is 11.5. The van der Waals surface area contributed by atoms with Crippen LogP contribution in [0.25, 0.3) is 0 Å². The summed E-state index contributed by atoms with van der Waals surface area (Å²) in [6, 6.07) is 1.66. The third-order valence-electron chi connectivity index (χ3n) is 2.03. The molecule has 3 N–H and O–H groups in total. The van der Waals surface area contributed by atoms with Crippen molar-refractivity contribution < 1.29 is 9.53 Å². The highest BCUT2D eigenvalue weighted by Crippen LogP contribution is 2.18. The molecule has 0 aromatic carbocycles. The van der Waals surface area contributed by atoms with Crippen LogP contribution in [-0.2, 0) is 16.1 Å². The van der Waals surface area contributed by atoms with Crippen molar-refractivity contribution in [3.63, 3.8) is 0 Å². The van der Waals surface area contributed by atoms with Crippen molar-refractivity contribution in [1.29, 1.82) is 0 Å². The van der Waals surface area contributed by atoms with E-state index in [-0.39, 0.29) is 12.5 Å². The first-order chi connectivity index (χ1) is 8.29. The lowest BCUT2D eigenvalue weighted by Crippen LogP contribution is -2.31. The van der Waals surface area contributed by atoms with E-state index >= 15 is 0 Å². The zero-order valence-electron chi connectivity index (χ0n) is 10.8. The van der Waals surface area contributed by atoms with Crippen LogP contribution >= 0.6 is 11.6 Å². The van der Waals surface area contributed by atoms with Crippen molar-refractivity contribution in [3.8, 4) is 0 Å². The Hall–Kier alpha value is -1.33. The van der Waals surface area contributed by atoms with Crippen LogP contribution in [0.3, 0.4) is 0 Å². The van der Waals surface area contributed by atoms with Gasteiger partial charge in [0.1, 0.15) is 10.8 Å². The molecule has 0 aliphatic carbocycles. The zero-order chi connectivity index (χ0) is 13.8. The maximum Gasteiger partial charge on any atom is 0.320 e. The summed E-state index contributed by atoms with van der Waals surface area (Å²) in [5, 5.41) is 3.27. The molecule has 18 heavy (non-hydrogen) atoms. The van der Waals surface area contributed by atoms with Crippen LogP contribution in [0, 0.1) is 0 Å². The molecule has 0 aliphatic heterocycles. The van der Waals surface area contributed by atoms with E-state index < -0.39 is 5.60 Å². The normalized spacial score (nSPS) is 11.3. The largest absolute Gasteiger partial charge is 0.459 e. The first-order valence-electron chi connectivity index (χ1n) is 5.61. The summed E-state index contributed by atoms with van der Waals surface area (Å²) < 4.78 is 5.15. The molecule has 0 aliphatic rings. The minimum Gasteiger partial charge on any atom is -0.459 e. The molecule has 0 saturated carbocycles. The van der Waals surface area contributed by atoms with Gasteiger partial charge in [-0.3, -0.25) is 4.79 Å². The molecule has 1 heterocycles. The minimum atomic E-state index is -0.482. The summed E-state index contributed by atoms with van der Waals surface area (Å²) in [5.74, 6) is -0.318. The highest BCUT2D eigenvalue weighted by Gasteiger charge is 2.16. The lowest BCUT2D eigenvalue weighted by Gasteiger charge is -2.19. The highest BCUT2D eigenvalue weighted by molar-refractivity contribution is 6.30. The molecular weight excluding hydrogens is 254 g/mol. The fraction of sp³-hybridized carbons (Fsp3) is 0.500. The summed E-state index contributed by atoms with van der Waals surface area (Å²) in [7, 11) is 0. The molecule has 0 unspecified atom stereocenters. The van der Waals surface area contributed by atoms with Gasteiger partial charge in [0.25, 0.3) is 0 Å². The fourth-order valence-corrected chi connectivity index (χ4v) is 1.56. The average molecular weight is 272 g/mol. The van der Waals surface area contributed by atoms with Crippen LogP contribution in [0.4, 0.5) is 5.69 Å². The number of esters is 1. The highest BCUT2D eigenvalue weighted by atomic mass is 35.5. The Morgan fingerprint density at radius 2 is 2.22 bits per heavy atom. The number of nitrogens with zero attached hydrogens (tertiary/aromatic N) is 1. The van der Waals surface area contributed by atoms with E-state index in [0.29, 0.717) is 22.9 Å². The van der Waals surface area contributed by atoms with Crippen molar-refractivity contribution in [2.45, 2.75) is 32.9 Å². The van der Waals surface area contributed by atoms with E-state index in [2.05, 4.69) is 10.3 Å². The Kier molecular flexibility index (Phi) is 4.93. The first kappa shape index (κ1) is 14.7. The number of nitrogens with two attached hydrogens (primary N) is 1. The number of halogens is 1. The quantitative estimate of drug-likeness (QED) is 0.644. The molecule has 0 amide bonds. The Morgan fingerprint density at radius 3 is 2.78 bits per heavy atom. The van der Waals surface area contributed by atoms with E-state index in [1.807, 2.05) is 20.8 Å². The van der Waals surface area contributed by atoms with Gasteiger partial charge in [-0.15, -0.1) is 0 Å². The molecule has 0 bridgehead atoms. The van der Waals surface area contributed by atoms with E-state index in [1.54, 1.807) is 6.07 Å². The second-order valence-corrected chi connectivity index (χ2v) is 5.22. The van der Waals surface area contributed by atoms with Crippen molar-refractivity contribution in [3.05, 3.63) is 23.0 Å². The van der Waals surface area contributed by atoms with Crippen LogP contribution in [0.5, 0.6) is 0 Å². The van der Waals surface area contributed by atoms with Crippen molar-refractivity contribution in [2.75, 3.05) is 12.3 Å². The summed E-state index contributed by atoms with van der Waals surface area (Å²) >= 11 is 5.90. The number of hydrogen-bond donors (Lipinski definition) is 2. The Balaban J connectivity index is 2.45. The Bertz CT molecular complexity index is 410. The molecule has 0 radical (unpaired) electrons. The first-order valence-corrected chi connectivity index (χ1v) is 5.99. The second kappa shape index (κ2) is 6.02. The van der Waals surface area contributed by atoms with Crippen LogP contribution in [0.2, 0.25) is 5.15 Å². The predicted molar refractivity (Wildman–Crippen MR) is 71.2 cm³/mol. The van der Waals surface area contributed by atoms with Crippen molar-refractivity contribution in [1.82, 2.24) is 10.3 Å². The number of anilines is 1. The molecule has 1 aromatic heterocycles. The van der Waals surface area contributed by atoms with Gasteiger partial charge in [-0.1, -0.05) is 11.6 Å². The fourth-order valence-electron chi connectivity index (χ4n) is 1.32. The average Bonchev–Trinajstić information content (AvgIpc) is 2.19. The number of hydrogen-bond acceptors (Lipinski definition) is 5. The SMILES string of the molecule is CC(C)(C)OC(=O)CNCc1c(N)ccnc1Cl. The molecule has 0 saturated heterocycles. The lowest BCUT2D eigenvalue weighted by atomic mass is 10.2. The summed E-state index contributed by atoms with van der Waals surface area (Å²) in [6.07, 6.45) is 1.54. The third kappa shape index (κ3) is 4.89. The van der Waals surface area contributed by atoms with E-state index in [4.69, 9.17) is 22.1 Å². The molecular formula is C12H18ClN3O2.